The minimum Gasteiger partial charge on any atom is -0.0801 e. The third-order valence-electron chi connectivity index (χ3n) is 4.07. The van der Waals surface area contributed by atoms with Crippen LogP contribution in [0.4, 0.5) is 0 Å². The minimum absolute atomic E-state index is 1.03. The molecule has 0 atom stereocenters. The van der Waals surface area contributed by atoms with Crippen molar-refractivity contribution in [3.05, 3.63) is 101 Å². The number of fused-ring (bicyclic) bond motifs is 3. The molecule has 0 saturated heterocycles. The van der Waals surface area contributed by atoms with E-state index in [9.17, 15) is 0 Å². The maximum atomic E-state index is 2.33. The molecule has 0 amide bonds. The van der Waals surface area contributed by atoms with E-state index < -0.39 is 0 Å². The van der Waals surface area contributed by atoms with Crippen LogP contribution in [0.2, 0.25) is 0 Å². The van der Waals surface area contributed by atoms with Crippen LogP contribution >= 0.6 is 0 Å². The van der Waals surface area contributed by atoms with Crippen LogP contribution in [0.5, 0.6) is 0 Å². The molecule has 0 unspecified atom stereocenters. The van der Waals surface area contributed by atoms with E-state index in [-0.39, 0.29) is 0 Å². The molecule has 0 heteroatoms. The lowest BCUT2D eigenvalue weighted by Crippen LogP contribution is -1.85. The summed E-state index contributed by atoms with van der Waals surface area (Å²) in [6.45, 7) is 0. The van der Waals surface area contributed by atoms with E-state index in [4.69, 9.17) is 0 Å². The van der Waals surface area contributed by atoms with Gasteiger partial charge in [0.15, 0.2) is 0 Å². The standard InChI is InChI=1S/C21H16/c1-2-8-16(9-3-1)14-15-21-19-12-6-4-10-17(19)18-11-5-7-13-20(18)21/h1-4,6-15H,5H2. The van der Waals surface area contributed by atoms with Gasteiger partial charge in [0.2, 0.25) is 0 Å². The molecule has 2 aromatic carbocycles. The van der Waals surface area contributed by atoms with Gasteiger partial charge < -0.3 is 0 Å². The van der Waals surface area contributed by atoms with Gasteiger partial charge in [-0.05, 0) is 39.8 Å². The molecule has 0 aliphatic heterocycles. The second-order valence-electron chi connectivity index (χ2n) is 5.37. The van der Waals surface area contributed by atoms with Crippen molar-refractivity contribution in [3.8, 4) is 0 Å². The Kier molecular flexibility index (Phi) is 2.93. The van der Waals surface area contributed by atoms with Crippen LogP contribution in [0.1, 0.15) is 23.1 Å². The van der Waals surface area contributed by atoms with Crippen molar-refractivity contribution in [2.75, 3.05) is 0 Å². The lowest BCUT2D eigenvalue weighted by Gasteiger charge is -2.06. The first-order chi connectivity index (χ1) is 10.4. The summed E-state index contributed by atoms with van der Waals surface area (Å²) in [4.78, 5) is 0. The van der Waals surface area contributed by atoms with Gasteiger partial charge in [-0.25, -0.2) is 0 Å². The number of rotatable bonds is 2. The van der Waals surface area contributed by atoms with Gasteiger partial charge >= 0.3 is 0 Å². The molecule has 0 spiro atoms. The molecule has 4 rings (SSSR count). The second-order valence-corrected chi connectivity index (χ2v) is 5.37. The van der Waals surface area contributed by atoms with Crippen LogP contribution in [-0.4, -0.2) is 0 Å². The van der Waals surface area contributed by atoms with Crippen molar-refractivity contribution in [2.24, 2.45) is 0 Å². The second kappa shape index (κ2) is 5.06. The Balaban J connectivity index is 1.83. The molecule has 0 N–H and O–H groups in total. The summed E-state index contributed by atoms with van der Waals surface area (Å²) in [6, 6.07) is 19.2. The molecule has 2 aliphatic rings. The smallest absolute Gasteiger partial charge is 0.00990 e. The Labute approximate surface area is 125 Å². The fraction of sp³-hybridized carbons (Fsp3) is 0.0476. The van der Waals surface area contributed by atoms with Crippen LogP contribution in [0.3, 0.4) is 0 Å². The highest BCUT2D eigenvalue weighted by molar-refractivity contribution is 6.06. The molecule has 0 bridgehead atoms. The molecular formula is C21H16. The lowest BCUT2D eigenvalue weighted by molar-refractivity contribution is 1.36. The molecule has 0 aromatic heterocycles. The van der Waals surface area contributed by atoms with Crippen molar-refractivity contribution >= 4 is 17.2 Å². The van der Waals surface area contributed by atoms with E-state index in [0.717, 1.165) is 6.42 Å². The minimum atomic E-state index is 1.03. The van der Waals surface area contributed by atoms with Gasteiger partial charge in [-0.2, -0.15) is 0 Å². The zero-order valence-corrected chi connectivity index (χ0v) is 11.8. The van der Waals surface area contributed by atoms with Crippen LogP contribution in [0.15, 0.2) is 84.5 Å². The third kappa shape index (κ3) is 2.09. The molecule has 2 aromatic rings. The number of hydrogen-bond acceptors (Lipinski definition) is 0. The fourth-order valence-corrected chi connectivity index (χ4v) is 3.08. The molecule has 100 valence electrons. The highest BCUT2D eigenvalue weighted by atomic mass is 14.3. The summed E-state index contributed by atoms with van der Waals surface area (Å²) in [5, 5.41) is 0. The SMILES string of the molecule is C1=CC2=C(C=Cc3ccccc3)c3ccccc3C2=CC1. The van der Waals surface area contributed by atoms with Gasteiger partial charge in [-0.3, -0.25) is 0 Å². The zero-order chi connectivity index (χ0) is 14.1. The first-order valence-electron chi connectivity index (χ1n) is 7.38. The molecule has 0 saturated carbocycles. The van der Waals surface area contributed by atoms with E-state index in [1.54, 1.807) is 0 Å². The van der Waals surface area contributed by atoms with Crippen LogP contribution in [0.25, 0.3) is 17.2 Å². The highest BCUT2D eigenvalue weighted by Crippen LogP contribution is 2.44. The summed E-state index contributed by atoms with van der Waals surface area (Å²) in [5.74, 6) is 0. The van der Waals surface area contributed by atoms with Crippen LogP contribution in [0, 0.1) is 0 Å². The van der Waals surface area contributed by atoms with Crippen molar-refractivity contribution in [1.82, 2.24) is 0 Å². The Morgan fingerprint density at radius 3 is 2.38 bits per heavy atom. The van der Waals surface area contributed by atoms with E-state index in [0.29, 0.717) is 0 Å². The topological polar surface area (TPSA) is 0 Å². The van der Waals surface area contributed by atoms with Crippen molar-refractivity contribution in [1.29, 1.82) is 0 Å². The number of allylic oxidation sites excluding steroid dienone is 7. The molecule has 0 fully saturated rings. The van der Waals surface area contributed by atoms with E-state index in [2.05, 4.69) is 85.0 Å². The quantitative estimate of drug-likeness (QED) is 0.673. The summed E-state index contributed by atoms with van der Waals surface area (Å²) < 4.78 is 0. The molecule has 2 aliphatic carbocycles. The zero-order valence-electron chi connectivity index (χ0n) is 11.8. The van der Waals surface area contributed by atoms with Crippen LogP contribution in [-0.2, 0) is 0 Å². The lowest BCUT2D eigenvalue weighted by atomic mass is 9.98. The summed E-state index contributed by atoms with van der Waals surface area (Å²) >= 11 is 0. The van der Waals surface area contributed by atoms with Gasteiger partial charge in [0.1, 0.15) is 0 Å². The first kappa shape index (κ1) is 12.2. The third-order valence-corrected chi connectivity index (χ3v) is 4.07. The van der Waals surface area contributed by atoms with Gasteiger partial charge in [-0.1, -0.05) is 85.0 Å². The van der Waals surface area contributed by atoms with Gasteiger partial charge in [0.05, 0.1) is 0 Å². The molecule has 21 heavy (non-hydrogen) atoms. The largest absolute Gasteiger partial charge is 0.0801 e. The van der Waals surface area contributed by atoms with Crippen LogP contribution < -0.4 is 0 Å². The Morgan fingerprint density at radius 2 is 1.52 bits per heavy atom. The predicted octanol–water partition coefficient (Wildman–Crippen LogP) is 5.51. The van der Waals surface area contributed by atoms with Crippen molar-refractivity contribution in [3.63, 3.8) is 0 Å². The summed E-state index contributed by atoms with van der Waals surface area (Å²) in [5.41, 5.74) is 8.02. The Morgan fingerprint density at radius 1 is 0.762 bits per heavy atom. The maximum absolute atomic E-state index is 2.33. The van der Waals surface area contributed by atoms with E-state index in [1.807, 2.05) is 0 Å². The van der Waals surface area contributed by atoms with Crippen molar-refractivity contribution in [2.45, 2.75) is 6.42 Å². The number of hydrogen-bond donors (Lipinski definition) is 0. The molecule has 0 heterocycles. The maximum Gasteiger partial charge on any atom is -0.00990 e. The predicted molar refractivity (Wildman–Crippen MR) is 90.6 cm³/mol. The Hall–Kier alpha value is -2.60. The number of benzene rings is 2. The Bertz CT molecular complexity index is 799. The summed E-state index contributed by atoms with van der Waals surface area (Å²) in [7, 11) is 0. The van der Waals surface area contributed by atoms with Gasteiger partial charge in [0, 0.05) is 0 Å². The molecule has 0 radical (unpaired) electrons. The highest BCUT2D eigenvalue weighted by Gasteiger charge is 2.23. The van der Waals surface area contributed by atoms with E-state index in [1.165, 1.54) is 33.4 Å². The summed E-state index contributed by atoms with van der Waals surface area (Å²) in [6.07, 6.45) is 12.3. The average Bonchev–Trinajstić information content (AvgIpc) is 2.88. The van der Waals surface area contributed by atoms with Crippen molar-refractivity contribution < 1.29 is 0 Å². The normalized spacial score (nSPS) is 16.1. The fourth-order valence-electron chi connectivity index (χ4n) is 3.08. The van der Waals surface area contributed by atoms with E-state index >= 15 is 0 Å². The monoisotopic (exact) mass is 268 g/mol. The molecular weight excluding hydrogens is 252 g/mol. The first-order valence-corrected chi connectivity index (χ1v) is 7.38. The average molecular weight is 268 g/mol. The molecule has 0 nitrogen and oxygen atoms in total. The van der Waals surface area contributed by atoms with Gasteiger partial charge in [-0.15, -0.1) is 0 Å². The van der Waals surface area contributed by atoms with Gasteiger partial charge in [0.25, 0.3) is 0 Å².